The van der Waals surface area contributed by atoms with Crippen LogP contribution in [0.5, 0.6) is 0 Å². The second kappa shape index (κ2) is 8.51. The number of amides is 1. The summed E-state index contributed by atoms with van der Waals surface area (Å²) in [5.41, 5.74) is 0.507. The molecule has 2 fully saturated rings. The van der Waals surface area contributed by atoms with Crippen molar-refractivity contribution in [3.05, 3.63) is 23.8 Å². The van der Waals surface area contributed by atoms with Crippen LogP contribution < -0.4 is 0 Å². The minimum absolute atomic E-state index is 0.0540. The third-order valence-electron chi connectivity index (χ3n) is 5.57. The predicted octanol–water partition coefficient (Wildman–Crippen LogP) is 2.22. The van der Waals surface area contributed by atoms with Crippen LogP contribution in [0.4, 0.5) is 0 Å². The SMILES string of the molecule is CSc1ccc(S(=O)(=O)N2CCN(C)CC2)cc1C(=O)N1CCC(C)CC1. The molecule has 3 rings (SSSR count). The van der Waals surface area contributed by atoms with Gasteiger partial charge in [0.1, 0.15) is 0 Å². The molecule has 0 atom stereocenters. The topological polar surface area (TPSA) is 60.9 Å². The van der Waals surface area contributed by atoms with E-state index in [1.165, 1.54) is 16.1 Å². The molecule has 150 valence electrons. The number of benzene rings is 1. The number of hydrogen-bond acceptors (Lipinski definition) is 5. The number of likely N-dealkylation sites (tertiary alicyclic amines) is 1. The summed E-state index contributed by atoms with van der Waals surface area (Å²) in [7, 11) is -1.59. The molecule has 0 radical (unpaired) electrons. The standard InChI is InChI=1S/C19H29N3O3S2/c1-15-6-8-21(9-7-15)19(23)17-14-16(4-5-18(17)26-3)27(24,25)22-12-10-20(2)11-13-22/h4-5,14-15H,6-13H2,1-3H3. The molecule has 2 saturated heterocycles. The summed E-state index contributed by atoms with van der Waals surface area (Å²) in [6.07, 6.45) is 3.91. The Kier molecular flexibility index (Phi) is 6.50. The molecule has 0 bridgehead atoms. The second-order valence-electron chi connectivity index (χ2n) is 7.54. The highest BCUT2D eigenvalue weighted by Crippen LogP contribution is 2.28. The first-order valence-corrected chi connectivity index (χ1v) is 12.2. The average molecular weight is 412 g/mol. The Balaban J connectivity index is 1.88. The molecule has 0 N–H and O–H groups in total. The molecule has 1 aromatic carbocycles. The highest BCUT2D eigenvalue weighted by Gasteiger charge is 2.30. The maximum Gasteiger partial charge on any atom is 0.255 e. The van der Waals surface area contributed by atoms with E-state index in [0.29, 0.717) is 24.6 Å². The van der Waals surface area contributed by atoms with Gasteiger partial charge in [-0.1, -0.05) is 6.92 Å². The smallest absolute Gasteiger partial charge is 0.255 e. The lowest BCUT2D eigenvalue weighted by atomic mass is 9.98. The minimum Gasteiger partial charge on any atom is -0.339 e. The van der Waals surface area contributed by atoms with Crippen molar-refractivity contribution in [1.29, 1.82) is 0 Å². The summed E-state index contributed by atoms with van der Waals surface area (Å²) in [6, 6.07) is 4.99. The first-order chi connectivity index (χ1) is 12.8. The normalized spacial score (nSPS) is 20.8. The van der Waals surface area contributed by atoms with Gasteiger partial charge in [-0.25, -0.2) is 8.42 Å². The van der Waals surface area contributed by atoms with E-state index in [0.717, 1.165) is 43.9 Å². The Labute approximate surface area is 166 Å². The molecule has 1 aromatic rings. The zero-order chi connectivity index (χ0) is 19.6. The van der Waals surface area contributed by atoms with Crippen LogP contribution in [0.25, 0.3) is 0 Å². The molecule has 0 saturated carbocycles. The van der Waals surface area contributed by atoms with Crippen LogP contribution in [0.2, 0.25) is 0 Å². The maximum atomic E-state index is 13.1. The Hall–Kier alpha value is -1.09. The first kappa shape index (κ1) is 20.6. The molecule has 2 heterocycles. The van der Waals surface area contributed by atoms with E-state index >= 15 is 0 Å². The number of rotatable bonds is 4. The number of nitrogens with zero attached hydrogens (tertiary/aromatic N) is 3. The summed E-state index contributed by atoms with van der Waals surface area (Å²) in [5.74, 6) is 0.583. The van der Waals surface area contributed by atoms with E-state index in [1.807, 2.05) is 18.2 Å². The fraction of sp³-hybridized carbons (Fsp3) is 0.632. The van der Waals surface area contributed by atoms with E-state index in [1.54, 1.807) is 18.2 Å². The largest absolute Gasteiger partial charge is 0.339 e. The third kappa shape index (κ3) is 4.50. The average Bonchev–Trinajstić information content (AvgIpc) is 2.68. The van der Waals surface area contributed by atoms with Gasteiger partial charge < -0.3 is 9.80 Å². The number of likely N-dealkylation sites (N-methyl/N-ethyl adjacent to an activating group) is 1. The Morgan fingerprint density at radius 2 is 1.70 bits per heavy atom. The Bertz CT molecular complexity index is 781. The van der Waals surface area contributed by atoms with Crippen molar-refractivity contribution in [3.8, 4) is 0 Å². The predicted molar refractivity (Wildman–Crippen MR) is 109 cm³/mol. The molecule has 0 aromatic heterocycles. The number of carbonyl (C=O) groups is 1. The highest BCUT2D eigenvalue weighted by molar-refractivity contribution is 7.98. The van der Waals surface area contributed by atoms with Gasteiger partial charge in [-0.05, 0) is 50.3 Å². The third-order valence-corrected chi connectivity index (χ3v) is 8.26. The molecule has 1 amide bonds. The van der Waals surface area contributed by atoms with Crippen LogP contribution in [0.3, 0.4) is 0 Å². The van der Waals surface area contributed by atoms with Crippen LogP contribution >= 0.6 is 11.8 Å². The molecule has 8 heteroatoms. The van der Waals surface area contributed by atoms with E-state index in [-0.39, 0.29) is 10.8 Å². The van der Waals surface area contributed by atoms with Crippen molar-refractivity contribution in [2.75, 3.05) is 52.6 Å². The molecule has 0 aliphatic carbocycles. The fourth-order valence-corrected chi connectivity index (χ4v) is 5.59. The quantitative estimate of drug-likeness (QED) is 0.711. The van der Waals surface area contributed by atoms with Crippen molar-refractivity contribution >= 4 is 27.7 Å². The molecule has 2 aliphatic heterocycles. The van der Waals surface area contributed by atoms with Crippen molar-refractivity contribution in [3.63, 3.8) is 0 Å². The van der Waals surface area contributed by atoms with Gasteiger partial charge in [0.2, 0.25) is 10.0 Å². The molecule has 2 aliphatic rings. The van der Waals surface area contributed by atoms with E-state index in [2.05, 4.69) is 11.8 Å². The van der Waals surface area contributed by atoms with Crippen molar-refractivity contribution in [2.45, 2.75) is 29.6 Å². The molecule has 0 spiro atoms. The summed E-state index contributed by atoms with van der Waals surface area (Å²) in [5, 5.41) is 0. The molecule has 6 nitrogen and oxygen atoms in total. The summed E-state index contributed by atoms with van der Waals surface area (Å²) < 4.78 is 27.7. The fourth-order valence-electron chi connectivity index (χ4n) is 3.57. The van der Waals surface area contributed by atoms with Crippen molar-refractivity contribution in [2.24, 2.45) is 5.92 Å². The van der Waals surface area contributed by atoms with Crippen LogP contribution in [0.15, 0.2) is 28.0 Å². The van der Waals surface area contributed by atoms with Gasteiger partial charge in [-0.15, -0.1) is 11.8 Å². The van der Waals surface area contributed by atoms with Crippen LogP contribution in [-0.2, 0) is 10.0 Å². The van der Waals surface area contributed by atoms with Gasteiger partial charge in [-0.2, -0.15) is 4.31 Å². The van der Waals surface area contributed by atoms with Gasteiger partial charge >= 0.3 is 0 Å². The second-order valence-corrected chi connectivity index (χ2v) is 10.3. The van der Waals surface area contributed by atoms with Gasteiger partial charge in [0.25, 0.3) is 5.91 Å². The van der Waals surface area contributed by atoms with E-state index < -0.39 is 10.0 Å². The number of hydrogen-bond donors (Lipinski definition) is 0. The number of piperazine rings is 1. The Morgan fingerprint density at radius 1 is 1.07 bits per heavy atom. The maximum absolute atomic E-state index is 13.1. The summed E-state index contributed by atoms with van der Waals surface area (Å²) in [6.45, 7) is 6.09. The lowest BCUT2D eigenvalue weighted by molar-refractivity contribution is 0.0693. The minimum atomic E-state index is -3.58. The van der Waals surface area contributed by atoms with Crippen LogP contribution in [0.1, 0.15) is 30.1 Å². The molecule has 27 heavy (non-hydrogen) atoms. The number of sulfonamides is 1. The lowest BCUT2D eigenvalue weighted by Crippen LogP contribution is -2.47. The van der Waals surface area contributed by atoms with Crippen molar-refractivity contribution in [1.82, 2.24) is 14.1 Å². The van der Waals surface area contributed by atoms with Gasteiger partial charge in [0.05, 0.1) is 10.5 Å². The zero-order valence-corrected chi connectivity index (χ0v) is 18.0. The Morgan fingerprint density at radius 3 is 2.30 bits per heavy atom. The number of thioether (sulfide) groups is 1. The highest BCUT2D eigenvalue weighted by atomic mass is 32.2. The first-order valence-electron chi connectivity index (χ1n) is 9.49. The van der Waals surface area contributed by atoms with Gasteiger partial charge in [0.15, 0.2) is 0 Å². The van der Waals surface area contributed by atoms with E-state index in [4.69, 9.17) is 0 Å². The van der Waals surface area contributed by atoms with Gasteiger partial charge in [-0.3, -0.25) is 4.79 Å². The summed E-state index contributed by atoms with van der Waals surface area (Å²) >= 11 is 1.48. The number of carbonyl (C=O) groups excluding carboxylic acids is 1. The van der Waals surface area contributed by atoms with Gasteiger partial charge in [0, 0.05) is 44.2 Å². The zero-order valence-electron chi connectivity index (χ0n) is 16.3. The lowest BCUT2D eigenvalue weighted by Gasteiger charge is -2.32. The summed E-state index contributed by atoms with van der Waals surface area (Å²) in [4.78, 5) is 18.1. The van der Waals surface area contributed by atoms with Crippen LogP contribution in [0, 0.1) is 5.92 Å². The molecular weight excluding hydrogens is 382 g/mol. The molecule has 0 unspecified atom stereocenters. The van der Waals surface area contributed by atoms with Crippen molar-refractivity contribution < 1.29 is 13.2 Å². The number of piperidine rings is 1. The monoisotopic (exact) mass is 411 g/mol. The van der Waals surface area contributed by atoms with Crippen LogP contribution in [-0.4, -0.2) is 81.0 Å². The molecular formula is C19H29N3O3S2. The van der Waals surface area contributed by atoms with E-state index in [9.17, 15) is 13.2 Å².